The van der Waals surface area contributed by atoms with E-state index < -0.39 is 10.2 Å². The van der Waals surface area contributed by atoms with Gasteiger partial charge in [-0.15, -0.1) is 0 Å². The first-order valence-corrected chi connectivity index (χ1v) is 4.27. The van der Waals surface area contributed by atoms with Gasteiger partial charge in [-0.3, -0.25) is 14.9 Å². The van der Waals surface area contributed by atoms with Crippen molar-refractivity contribution in [3.63, 3.8) is 0 Å². The van der Waals surface area contributed by atoms with E-state index >= 15 is 0 Å². The average molecular weight is 214 g/mol. The predicted octanol–water partition coefficient (Wildman–Crippen LogP) is 2.59. The van der Waals surface area contributed by atoms with Crippen molar-refractivity contribution < 1.29 is 9.72 Å². The highest BCUT2D eigenvalue weighted by Crippen LogP contribution is 2.24. The third kappa shape index (κ3) is 1.75. The summed E-state index contributed by atoms with van der Waals surface area (Å²) in [6.07, 6.45) is 0. The molecule has 0 saturated heterocycles. The second-order valence-corrected chi connectivity index (χ2v) is 3.26. The van der Waals surface area contributed by atoms with Gasteiger partial charge in [0.15, 0.2) is 0 Å². The van der Waals surface area contributed by atoms with Gasteiger partial charge in [-0.1, -0.05) is 0 Å². The fraction of sp³-hybridized carbons (Fsp3) is 0.222. The average Bonchev–Trinajstić information content (AvgIpc) is 2.08. The van der Waals surface area contributed by atoms with Crippen molar-refractivity contribution in [1.29, 1.82) is 0 Å². The molecule has 1 aromatic carbocycles. The molecule has 14 heavy (non-hydrogen) atoms. The minimum absolute atomic E-state index is 0.00386. The summed E-state index contributed by atoms with van der Waals surface area (Å²) in [6, 6.07) is 2.66. The van der Waals surface area contributed by atoms with E-state index in [0.717, 1.165) is 0 Å². The fourth-order valence-corrected chi connectivity index (χ4v) is 1.42. The van der Waals surface area contributed by atoms with Crippen LogP contribution in [0.1, 0.15) is 21.5 Å². The van der Waals surface area contributed by atoms with Gasteiger partial charge in [0.2, 0.25) is 0 Å². The third-order valence-electron chi connectivity index (χ3n) is 2.17. The lowest BCUT2D eigenvalue weighted by molar-refractivity contribution is -0.385. The van der Waals surface area contributed by atoms with E-state index in [-0.39, 0.29) is 5.69 Å². The first-order valence-electron chi connectivity index (χ1n) is 3.89. The number of hydrogen-bond donors (Lipinski definition) is 0. The quantitative estimate of drug-likeness (QED) is 0.431. The number of carbonyl (C=O) groups excluding carboxylic acids is 1. The molecule has 0 fully saturated rings. The van der Waals surface area contributed by atoms with Gasteiger partial charge in [-0.25, -0.2) is 0 Å². The number of carbonyl (C=O) groups is 1. The predicted molar refractivity (Wildman–Crippen MR) is 52.8 cm³/mol. The Labute approximate surface area is 85.6 Å². The number of nitro benzene ring substituents is 1. The molecule has 0 saturated carbocycles. The largest absolute Gasteiger partial charge is 0.276 e. The van der Waals surface area contributed by atoms with Crippen LogP contribution >= 0.6 is 11.6 Å². The van der Waals surface area contributed by atoms with Crippen LogP contribution in [0.2, 0.25) is 0 Å². The SMILES string of the molecule is Cc1c(C(=O)Cl)ccc([N+](=O)[O-])c1C. The lowest BCUT2D eigenvalue weighted by atomic mass is 10.0. The molecule has 0 bridgehead atoms. The molecule has 0 unspecified atom stereocenters. The second kappa shape index (κ2) is 3.75. The number of nitrogens with zero attached hydrogens (tertiary/aromatic N) is 1. The smallest absolute Gasteiger partial charge is 0.272 e. The second-order valence-electron chi connectivity index (χ2n) is 2.91. The highest BCUT2D eigenvalue weighted by molar-refractivity contribution is 6.67. The molecule has 4 nitrogen and oxygen atoms in total. The molecule has 5 heteroatoms. The lowest BCUT2D eigenvalue weighted by Gasteiger charge is -2.04. The maximum atomic E-state index is 10.9. The maximum absolute atomic E-state index is 10.9. The zero-order chi connectivity index (χ0) is 10.9. The van der Waals surface area contributed by atoms with Gasteiger partial charge in [0.25, 0.3) is 10.9 Å². The normalized spacial score (nSPS) is 9.93. The molecule has 1 aromatic rings. The molecular formula is C9H8ClNO3. The Morgan fingerprint density at radius 1 is 1.36 bits per heavy atom. The van der Waals surface area contributed by atoms with Crippen molar-refractivity contribution >= 4 is 22.5 Å². The monoisotopic (exact) mass is 213 g/mol. The van der Waals surface area contributed by atoms with Crippen LogP contribution in [0.4, 0.5) is 5.69 Å². The van der Waals surface area contributed by atoms with Crippen molar-refractivity contribution in [3.05, 3.63) is 38.9 Å². The van der Waals surface area contributed by atoms with Gasteiger partial charge in [-0.05, 0) is 37.1 Å². The number of hydrogen-bond acceptors (Lipinski definition) is 3. The zero-order valence-electron chi connectivity index (χ0n) is 7.70. The van der Waals surface area contributed by atoms with E-state index in [2.05, 4.69) is 0 Å². The van der Waals surface area contributed by atoms with Crippen molar-refractivity contribution in [2.24, 2.45) is 0 Å². The van der Waals surface area contributed by atoms with Crippen LogP contribution in [0.25, 0.3) is 0 Å². The van der Waals surface area contributed by atoms with E-state index in [1.54, 1.807) is 13.8 Å². The van der Waals surface area contributed by atoms with Crippen LogP contribution in [0.5, 0.6) is 0 Å². The molecule has 0 N–H and O–H groups in total. The molecule has 0 radical (unpaired) electrons. The molecule has 0 spiro atoms. The van der Waals surface area contributed by atoms with E-state index in [1.165, 1.54) is 12.1 Å². The Kier molecular flexibility index (Phi) is 2.86. The van der Waals surface area contributed by atoms with Gasteiger partial charge >= 0.3 is 0 Å². The van der Waals surface area contributed by atoms with Crippen molar-refractivity contribution in [2.45, 2.75) is 13.8 Å². The summed E-state index contributed by atoms with van der Waals surface area (Å²) in [6.45, 7) is 3.23. The van der Waals surface area contributed by atoms with E-state index in [9.17, 15) is 14.9 Å². The highest BCUT2D eigenvalue weighted by Gasteiger charge is 2.16. The van der Waals surface area contributed by atoms with Crippen LogP contribution < -0.4 is 0 Å². The van der Waals surface area contributed by atoms with Gasteiger partial charge < -0.3 is 0 Å². The first kappa shape index (κ1) is 10.7. The molecule has 1 rings (SSSR count). The molecule has 74 valence electrons. The summed E-state index contributed by atoms with van der Waals surface area (Å²) in [4.78, 5) is 21.0. The molecule has 0 aliphatic rings. The van der Waals surface area contributed by atoms with Gasteiger partial charge in [0.1, 0.15) is 0 Å². The van der Waals surface area contributed by atoms with E-state index in [4.69, 9.17) is 11.6 Å². The zero-order valence-corrected chi connectivity index (χ0v) is 8.46. The fourth-order valence-electron chi connectivity index (χ4n) is 1.22. The van der Waals surface area contributed by atoms with E-state index in [0.29, 0.717) is 16.7 Å². The van der Waals surface area contributed by atoms with Crippen molar-refractivity contribution in [3.8, 4) is 0 Å². The number of halogens is 1. The van der Waals surface area contributed by atoms with Crippen molar-refractivity contribution in [1.82, 2.24) is 0 Å². The Bertz CT molecular complexity index is 376. The van der Waals surface area contributed by atoms with Gasteiger partial charge in [0.05, 0.1) is 4.92 Å². The molecule has 0 aliphatic heterocycles. The maximum Gasteiger partial charge on any atom is 0.272 e. The minimum Gasteiger partial charge on any atom is -0.276 e. The molecular weight excluding hydrogens is 206 g/mol. The summed E-state index contributed by atoms with van der Waals surface area (Å²) in [5, 5.41) is 9.95. The summed E-state index contributed by atoms with van der Waals surface area (Å²) in [5.74, 6) is 0. The Hall–Kier alpha value is -1.42. The number of benzene rings is 1. The first-order chi connectivity index (χ1) is 6.45. The van der Waals surface area contributed by atoms with Gasteiger partial charge in [-0.2, -0.15) is 0 Å². The summed E-state index contributed by atoms with van der Waals surface area (Å²) >= 11 is 5.30. The Balaban J connectivity index is 3.41. The standard InChI is InChI=1S/C9H8ClNO3/c1-5-6(2)8(11(13)14)4-3-7(5)9(10)12/h3-4H,1-2H3. The van der Waals surface area contributed by atoms with Crippen LogP contribution in [0.15, 0.2) is 12.1 Å². The topological polar surface area (TPSA) is 60.2 Å². The Morgan fingerprint density at radius 3 is 2.36 bits per heavy atom. The summed E-state index contributed by atoms with van der Waals surface area (Å²) < 4.78 is 0. The van der Waals surface area contributed by atoms with Crippen LogP contribution in [0, 0.1) is 24.0 Å². The lowest BCUT2D eigenvalue weighted by Crippen LogP contribution is -2.00. The van der Waals surface area contributed by atoms with Crippen LogP contribution in [-0.4, -0.2) is 10.2 Å². The van der Waals surface area contributed by atoms with Crippen molar-refractivity contribution in [2.75, 3.05) is 0 Å². The molecule has 0 amide bonds. The van der Waals surface area contributed by atoms with Crippen LogP contribution in [-0.2, 0) is 0 Å². The molecule has 0 heterocycles. The van der Waals surface area contributed by atoms with Crippen LogP contribution in [0.3, 0.4) is 0 Å². The summed E-state index contributed by atoms with van der Waals surface area (Å²) in [5.41, 5.74) is 1.35. The van der Waals surface area contributed by atoms with Gasteiger partial charge in [0, 0.05) is 17.2 Å². The third-order valence-corrected chi connectivity index (χ3v) is 2.37. The minimum atomic E-state index is -0.597. The van der Waals surface area contributed by atoms with E-state index in [1.807, 2.05) is 0 Å². The number of rotatable bonds is 2. The summed E-state index contributed by atoms with van der Waals surface area (Å²) in [7, 11) is 0. The molecule has 0 atom stereocenters. The number of nitro groups is 1. The highest BCUT2D eigenvalue weighted by atomic mass is 35.5. The molecule has 0 aliphatic carbocycles. The Morgan fingerprint density at radius 2 is 1.93 bits per heavy atom. The molecule has 0 aromatic heterocycles.